The monoisotopic (exact) mass is 580 g/mol. The molecule has 2 unspecified atom stereocenters. The molecule has 5 fully saturated rings. The van der Waals surface area contributed by atoms with Crippen molar-refractivity contribution in [3.63, 3.8) is 0 Å². The second-order valence-corrected chi connectivity index (χ2v) is 15.2. The fourth-order valence-electron chi connectivity index (χ4n) is 10.3. The predicted molar refractivity (Wildman–Crippen MR) is 163 cm³/mol. The number of rotatable bonds is 6. The minimum atomic E-state index is -0.349. The summed E-state index contributed by atoms with van der Waals surface area (Å²) in [7, 11) is 3.58. The second kappa shape index (κ2) is 11.4. The van der Waals surface area contributed by atoms with E-state index in [9.17, 15) is 14.4 Å². The van der Waals surface area contributed by atoms with Crippen molar-refractivity contribution in [2.45, 2.75) is 122 Å². The van der Waals surface area contributed by atoms with Crippen LogP contribution in [0.5, 0.6) is 0 Å². The Hall–Kier alpha value is -2.22. The first kappa shape index (κ1) is 29.8. The maximum absolute atomic E-state index is 13.4. The molecule has 6 rings (SSSR count). The number of hydrogen-bond donors (Lipinski definition) is 1. The van der Waals surface area contributed by atoms with Gasteiger partial charge >= 0.3 is 6.09 Å². The molecule has 5 aliphatic carbocycles. The van der Waals surface area contributed by atoms with Gasteiger partial charge in [0.2, 0.25) is 5.91 Å². The lowest BCUT2D eigenvalue weighted by Crippen LogP contribution is -2.51. The third-order valence-electron chi connectivity index (χ3n) is 12.9. The van der Waals surface area contributed by atoms with Gasteiger partial charge in [0.15, 0.2) is 5.78 Å². The molecule has 8 atom stereocenters. The summed E-state index contributed by atoms with van der Waals surface area (Å²) < 4.78 is 0. The van der Waals surface area contributed by atoms with E-state index < -0.39 is 0 Å². The van der Waals surface area contributed by atoms with Crippen LogP contribution in [-0.2, 0) is 14.4 Å². The quantitative estimate of drug-likeness (QED) is 0.247. The number of allylic oxidation sites excluding steroid dienone is 1. The number of fused-ring (bicyclic) bond motifs is 5. The molecular weight excluding hydrogens is 528 g/mol. The number of hydrogen-bond acceptors (Lipinski definition) is 6. The van der Waals surface area contributed by atoms with E-state index in [0.29, 0.717) is 42.4 Å². The average Bonchev–Trinajstić information content (AvgIpc) is 3.54. The van der Waals surface area contributed by atoms with Gasteiger partial charge in [-0.25, -0.2) is 4.79 Å². The first-order valence-electron chi connectivity index (χ1n) is 16.7. The zero-order valence-corrected chi connectivity index (χ0v) is 26.5. The summed E-state index contributed by atoms with van der Waals surface area (Å²) in [6.45, 7) is 7.54. The number of amides is 2. The number of carbonyl (C=O) groups excluding carboxylic acids is 3. The van der Waals surface area contributed by atoms with Gasteiger partial charge in [-0.15, -0.1) is 0 Å². The number of oxime groups is 1. The van der Waals surface area contributed by atoms with Crippen LogP contribution in [0.3, 0.4) is 0 Å². The lowest BCUT2D eigenvalue weighted by atomic mass is 9.46. The van der Waals surface area contributed by atoms with Gasteiger partial charge in [-0.3, -0.25) is 14.4 Å². The molecule has 1 N–H and O–H groups in total. The first-order valence-corrected chi connectivity index (χ1v) is 16.7. The van der Waals surface area contributed by atoms with E-state index in [1.54, 1.807) is 19.0 Å². The van der Waals surface area contributed by atoms with Crippen LogP contribution in [0.4, 0.5) is 4.79 Å². The highest BCUT2D eigenvalue weighted by Crippen LogP contribution is 2.66. The van der Waals surface area contributed by atoms with Gasteiger partial charge in [0, 0.05) is 45.1 Å². The summed E-state index contributed by atoms with van der Waals surface area (Å²) in [6.07, 6.45) is 15.1. The minimum absolute atomic E-state index is 0.0943. The third kappa shape index (κ3) is 5.13. The van der Waals surface area contributed by atoms with Crippen LogP contribution >= 0.6 is 0 Å². The van der Waals surface area contributed by atoms with Crippen LogP contribution in [0.2, 0.25) is 0 Å². The Bertz CT molecular complexity index is 1160. The molecule has 0 aromatic rings. The van der Waals surface area contributed by atoms with E-state index in [-0.39, 0.29) is 41.0 Å². The molecule has 42 heavy (non-hydrogen) atoms. The van der Waals surface area contributed by atoms with Gasteiger partial charge in [0.1, 0.15) is 0 Å². The maximum atomic E-state index is 13.4. The lowest BCUT2D eigenvalue weighted by molar-refractivity contribution is -0.130. The topological polar surface area (TPSA) is 91.3 Å². The molecule has 2 amide bonds. The van der Waals surface area contributed by atoms with Gasteiger partial charge in [-0.2, -0.15) is 0 Å². The molecule has 1 heterocycles. The van der Waals surface area contributed by atoms with Gasteiger partial charge in [-0.05, 0) is 119 Å². The zero-order valence-electron chi connectivity index (χ0n) is 26.5. The third-order valence-corrected chi connectivity index (χ3v) is 12.9. The second-order valence-electron chi connectivity index (χ2n) is 15.2. The highest BCUT2D eigenvalue weighted by atomic mass is 16.7. The summed E-state index contributed by atoms with van der Waals surface area (Å²) in [4.78, 5) is 47.3. The fraction of sp³-hybridized carbons (Fsp3) is 0.824. The molecule has 0 aromatic carbocycles. The lowest BCUT2D eigenvalue weighted by Gasteiger charge is -2.58. The SMILES string of the molecule is C/C(=N\OC(=O)N(CC1CCC(C(=O)N(C)C)N1)C1CCC1)[C@H]1CC[C@H]2[C@@H]3CCC4=CC(=O)CC[C@]4(C)[C@H]3CC[C@]12C. The van der Waals surface area contributed by atoms with Crippen LogP contribution < -0.4 is 5.32 Å². The van der Waals surface area contributed by atoms with Crippen molar-refractivity contribution in [2.24, 2.45) is 39.7 Å². The van der Waals surface area contributed by atoms with Crippen LogP contribution in [0.1, 0.15) is 104 Å². The largest absolute Gasteiger partial charge is 0.436 e. The summed E-state index contributed by atoms with van der Waals surface area (Å²) in [5.41, 5.74) is 2.75. The Labute approximate surface area is 252 Å². The molecule has 1 saturated heterocycles. The molecule has 4 saturated carbocycles. The Kier molecular flexibility index (Phi) is 8.07. The minimum Gasteiger partial charge on any atom is -0.347 e. The molecule has 0 radical (unpaired) electrons. The van der Waals surface area contributed by atoms with Gasteiger partial charge in [0.25, 0.3) is 0 Å². The van der Waals surface area contributed by atoms with E-state index >= 15 is 0 Å². The van der Waals surface area contributed by atoms with Crippen molar-refractivity contribution in [1.29, 1.82) is 0 Å². The molecule has 1 aliphatic heterocycles. The summed E-state index contributed by atoms with van der Waals surface area (Å²) >= 11 is 0. The standard InChI is InChI=1S/C34H52N4O4/c1-21(36-42-32(41)38(24-7-6-8-24)20-23-10-14-30(35-23)31(40)37(4)5)27-12-13-28-26-11-9-22-19-25(39)15-17-33(22,2)29(26)16-18-34(27,28)3/h19,23-24,26-30,35H,6-18,20H2,1-5H3/b36-21+/t23?,26-,27+,28-,29-,30?,33-,34+/m0/s1. The first-order chi connectivity index (χ1) is 20.0. The van der Waals surface area contributed by atoms with Crippen molar-refractivity contribution < 1.29 is 19.2 Å². The molecule has 8 nitrogen and oxygen atoms in total. The highest BCUT2D eigenvalue weighted by Gasteiger charge is 2.59. The van der Waals surface area contributed by atoms with Gasteiger partial charge in [0.05, 0.1) is 11.8 Å². The molecule has 0 bridgehead atoms. The Morgan fingerprint density at radius 1 is 1.00 bits per heavy atom. The predicted octanol–water partition coefficient (Wildman–Crippen LogP) is 5.71. The normalized spacial score (nSPS) is 39.9. The van der Waals surface area contributed by atoms with Gasteiger partial charge in [-0.1, -0.05) is 24.6 Å². The van der Waals surface area contributed by atoms with Crippen molar-refractivity contribution in [3.05, 3.63) is 11.6 Å². The molecule has 8 heteroatoms. The number of carbonyl (C=O) groups is 3. The van der Waals surface area contributed by atoms with Crippen molar-refractivity contribution in [3.8, 4) is 0 Å². The van der Waals surface area contributed by atoms with E-state index in [0.717, 1.165) is 57.1 Å². The summed E-state index contributed by atoms with van der Waals surface area (Å²) in [5.74, 6) is 2.79. The van der Waals surface area contributed by atoms with Crippen LogP contribution in [0, 0.1) is 34.5 Å². The number of ketones is 1. The average molecular weight is 581 g/mol. The smallest absolute Gasteiger partial charge is 0.347 e. The fourth-order valence-corrected chi connectivity index (χ4v) is 10.3. The highest BCUT2D eigenvalue weighted by molar-refractivity contribution is 5.91. The number of nitrogens with zero attached hydrogens (tertiary/aromatic N) is 3. The maximum Gasteiger partial charge on any atom is 0.436 e. The Morgan fingerprint density at radius 3 is 2.50 bits per heavy atom. The Morgan fingerprint density at radius 2 is 1.79 bits per heavy atom. The van der Waals surface area contributed by atoms with E-state index in [1.807, 2.05) is 11.0 Å². The van der Waals surface area contributed by atoms with E-state index in [4.69, 9.17) is 4.84 Å². The molecule has 6 aliphatic rings. The number of likely N-dealkylation sites (N-methyl/N-ethyl adjacent to an activating group) is 1. The molecule has 232 valence electrons. The van der Waals surface area contributed by atoms with E-state index in [2.05, 4.69) is 31.2 Å². The Balaban J connectivity index is 1.10. The number of nitrogens with one attached hydrogen (secondary N) is 1. The van der Waals surface area contributed by atoms with Crippen molar-refractivity contribution >= 4 is 23.5 Å². The van der Waals surface area contributed by atoms with Crippen LogP contribution in [0.15, 0.2) is 16.8 Å². The van der Waals surface area contributed by atoms with Crippen LogP contribution in [-0.4, -0.2) is 72.1 Å². The van der Waals surface area contributed by atoms with Gasteiger partial charge < -0.3 is 15.1 Å². The van der Waals surface area contributed by atoms with Crippen molar-refractivity contribution in [1.82, 2.24) is 15.1 Å². The van der Waals surface area contributed by atoms with Crippen LogP contribution in [0.25, 0.3) is 0 Å². The zero-order chi connectivity index (χ0) is 29.8. The van der Waals surface area contributed by atoms with E-state index in [1.165, 1.54) is 31.3 Å². The van der Waals surface area contributed by atoms with Crippen molar-refractivity contribution in [2.75, 3.05) is 20.6 Å². The molecule has 0 aromatic heterocycles. The molecule has 0 spiro atoms. The summed E-state index contributed by atoms with van der Waals surface area (Å²) in [5, 5.41) is 7.99. The summed E-state index contributed by atoms with van der Waals surface area (Å²) in [6, 6.07) is 0.117. The molecular formula is C34H52N4O4.